The van der Waals surface area contributed by atoms with E-state index in [2.05, 4.69) is 9.36 Å². The van der Waals surface area contributed by atoms with Crippen molar-refractivity contribution in [3.8, 4) is 0 Å². The number of carboxylic acid groups (broad SMARTS) is 1. The van der Waals surface area contributed by atoms with Crippen molar-refractivity contribution in [2.24, 2.45) is 0 Å². The largest absolute Gasteiger partial charge is 0.479 e. The van der Waals surface area contributed by atoms with E-state index in [0.717, 1.165) is 13.0 Å². The van der Waals surface area contributed by atoms with E-state index in [-0.39, 0.29) is 6.10 Å². The van der Waals surface area contributed by atoms with Crippen LogP contribution >= 0.6 is 11.5 Å². The van der Waals surface area contributed by atoms with Crippen molar-refractivity contribution in [1.82, 2.24) is 9.36 Å². The lowest BCUT2D eigenvalue weighted by Gasteiger charge is -2.33. The molecule has 1 aliphatic rings. The van der Waals surface area contributed by atoms with Gasteiger partial charge in [-0.15, -0.1) is 0 Å². The Labute approximate surface area is 116 Å². The Hall–Kier alpha value is -1.21. The summed E-state index contributed by atoms with van der Waals surface area (Å²) in [5.74, 6) is -0.158. The number of aliphatic carboxylic acids is 1. The first kappa shape index (κ1) is 14.2. The number of hydrogen-bond acceptors (Lipinski definition) is 6. The third-order valence-corrected chi connectivity index (χ3v) is 4.60. The van der Waals surface area contributed by atoms with Crippen LogP contribution in [0.25, 0.3) is 0 Å². The molecule has 106 valence electrons. The Kier molecular flexibility index (Phi) is 4.05. The summed E-state index contributed by atoms with van der Waals surface area (Å²) < 4.78 is 9.45. The molecule has 0 spiro atoms. The maximum absolute atomic E-state index is 11.6. The van der Waals surface area contributed by atoms with Crippen LogP contribution in [0.4, 0.5) is 5.13 Å². The molecular formula is C12H19N3O3S. The van der Waals surface area contributed by atoms with Gasteiger partial charge in [-0.25, -0.2) is 9.78 Å². The Morgan fingerprint density at radius 2 is 2.42 bits per heavy atom. The second-order valence-electron chi connectivity index (χ2n) is 4.76. The molecule has 1 aliphatic heterocycles. The molecule has 7 heteroatoms. The monoisotopic (exact) mass is 285 g/mol. The van der Waals surface area contributed by atoms with Crippen molar-refractivity contribution in [3.05, 3.63) is 5.82 Å². The minimum Gasteiger partial charge on any atom is -0.479 e. The van der Waals surface area contributed by atoms with Gasteiger partial charge in [0, 0.05) is 25.2 Å². The van der Waals surface area contributed by atoms with Gasteiger partial charge in [-0.3, -0.25) is 0 Å². The molecule has 6 nitrogen and oxygen atoms in total. The van der Waals surface area contributed by atoms with Crippen molar-refractivity contribution in [1.29, 1.82) is 0 Å². The molecule has 1 saturated heterocycles. The van der Waals surface area contributed by atoms with Gasteiger partial charge < -0.3 is 14.7 Å². The Morgan fingerprint density at radius 3 is 3.00 bits per heavy atom. The van der Waals surface area contributed by atoms with Gasteiger partial charge in [-0.1, -0.05) is 6.92 Å². The molecule has 0 saturated carbocycles. The zero-order chi connectivity index (χ0) is 14.0. The summed E-state index contributed by atoms with van der Waals surface area (Å²) in [5.41, 5.74) is -0.826. The van der Waals surface area contributed by atoms with Crippen molar-refractivity contribution >= 4 is 22.6 Å². The van der Waals surface area contributed by atoms with E-state index < -0.39 is 11.5 Å². The van der Waals surface area contributed by atoms with Crippen LogP contribution in [0.3, 0.4) is 0 Å². The summed E-state index contributed by atoms with van der Waals surface area (Å²) in [7, 11) is 1.61. The molecule has 2 unspecified atom stereocenters. The van der Waals surface area contributed by atoms with Gasteiger partial charge in [0.25, 0.3) is 0 Å². The molecule has 1 N–H and O–H groups in total. The van der Waals surface area contributed by atoms with Gasteiger partial charge in [-0.05, 0) is 26.2 Å². The molecule has 1 aromatic heterocycles. The second-order valence-corrected chi connectivity index (χ2v) is 5.49. The lowest BCUT2D eigenvalue weighted by atomic mass is 9.93. The Morgan fingerprint density at radius 1 is 1.68 bits per heavy atom. The number of carboxylic acids is 1. The quantitative estimate of drug-likeness (QED) is 0.892. The number of anilines is 1. The van der Waals surface area contributed by atoms with Crippen LogP contribution in [0, 0.1) is 0 Å². The van der Waals surface area contributed by atoms with E-state index in [4.69, 9.17) is 4.74 Å². The number of ether oxygens (including phenoxy) is 1. The molecule has 0 radical (unpaired) electrons. The SMILES string of the molecule is CCC1(C(=O)O)CCCN1c1nc(C(C)OC)ns1. The van der Waals surface area contributed by atoms with E-state index in [1.807, 2.05) is 18.7 Å². The molecule has 0 amide bonds. The third kappa shape index (κ3) is 2.32. The summed E-state index contributed by atoms with van der Waals surface area (Å²) in [5, 5.41) is 10.2. The smallest absolute Gasteiger partial charge is 0.329 e. The molecular weight excluding hydrogens is 266 g/mol. The van der Waals surface area contributed by atoms with Gasteiger partial charge in [0.1, 0.15) is 11.6 Å². The maximum Gasteiger partial charge on any atom is 0.329 e. The van der Waals surface area contributed by atoms with Crippen LogP contribution in [0.2, 0.25) is 0 Å². The predicted molar refractivity (Wildman–Crippen MR) is 72.6 cm³/mol. The molecule has 0 aliphatic carbocycles. The van der Waals surface area contributed by atoms with E-state index in [1.54, 1.807) is 7.11 Å². The first-order valence-electron chi connectivity index (χ1n) is 6.42. The summed E-state index contributed by atoms with van der Waals surface area (Å²) in [6, 6.07) is 0. The number of carbonyl (C=O) groups is 1. The third-order valence-electron chi connectivity index (χ3n) is 3.85. The van der Waals surface area contributed by atoms with Crippen molar-refractivity contribution in [3.63, 3.8) is 0 Å². The van der Waals surface area contributed by atoms with E-state index in [9.17, 15) is 9.90 Å². The molecule has 1 fully saturated rings. The highest BCUT2D eigenvalue weighted by Gasteiger charge is 2.47. The summed E-state index contributed by atoms with van der Waals surface area (Å²) in [6.07, 6.45) is 1.92. The fourth-order valence-electron chi connectivity index (χ4n) is 2.51. The minimum absolute atomic E-state index is 0.173. The van der Waals surface area contributed by atoms with Gasteiger partial charge in [0.2, 0.25) is 5.13 Å². The van der Waals surface area contributed by atoms with Crippen LogP contribution in [-0.2, 0) is 9.53 Å². The van der Waals surface area contributed by atoms with Crippen molar-refractivity contribution in [2.75, 3.05) is 18.6 Å². The molecule has 2 heterocycles. The highest BCUT2D eigenvalue weighted by molar-refractivity contribution is 7.09. The summed E-state index contributed by atoms with van der Waals surface area (Å²) in [6.45, 7) is 4.50. The maximum atomic E-state index is 11.6. The van der Waals surface area contributed by atoms with Gasteiger partial charge in [-0.2, -0.15) is 4.37 Å². The average molecular weight is 285 g/mol. The number of rotatable bonds is 5. The standard InChI is InChI=1S/C12H19N3O3S/c1-4-12(10(16)17)6-5-7-15(12)11-13-9(14-19-11)8(2)18-3/h8H,4-7H2,1-3H3,(H,16,17). The van der Waals surface area contributed by atoms with Crippen molar-refractivity contribution in [2.45, 2.75) is 44.8 Å². The van der Waals surface area contributed by atoms with Gasteiger partial charge >= 0.3 is 5.97 Å². The van der Waals surface area contributed by atoms with Crippen LogP contribution in [0.1, 0.15) is 45.0 Å². The zero-order valence-electron chi connectivity index (χ0n) is 11.4. The lowest BCUT2D eigenvalue weighted by molar-refractivity contribution is -0.143. The summed E-state index contributed by atoms with van der Waals surface area (Å²) in [4.78, 5) is 17.9. The second kappa shape index (κ2) is 5.42. The molecule has 0 aromatic carbocycles. The molecule has 0 bridgehead atoms. The summed E-state index contributed by atoms with van der Waals surface area (Å²) >= 11 is 1.25. The number of nitrogens with zero attached hydrogens (tertiary/aromatic N) is 3. The highest BCUT2D eigenvalue weighted by Crippen LogP contribution is 2.38. The van der Waals surface area contributed by atoms with E-state index in [0.29, 0.717) is 23.8 Å². The first-order valence-corrected chi connectivity index (χ1v) is 7.20. The van der Waals surface area contributed by atoms with E-state index in [1.165, 1.54) is 11.5 Å². The molecule has 19 heavy (non-hydrogen) atoms. The van der Waals surface area contributed by atoms with Gasteiger partial charge in [0.15, 0.2) is 5.82 Å². The van der Waals surface area contributed by atoms with Crippen LogP contribution in [-0.4, -0.2) is 39.6 Å². The average Bonchev–Trinajstić information content (AvgIpc) is 3.03. The van der Waals surface area contributed by atoms with E-state index >= 15 is 0 Å². The molecule has 1 aromatic rings. The van der Waals surface area contributed by atoms with Gasteiger partial charge in [0.05, 0.1) is 0 Å². The minimum atomic E-state index is -0.826. The topological polar surface area (TPSA) is 75.5 Å². The molecule has 2 rings (SSSR count). The van der Waals surface area contributed by atoms with Crippen LogP contribution < -0.4 is 4.90 Å². The molecule has 2 atom stereocenters. The first-order chi connectivity index (χ1) is 9.05. The predicted octanol–water partition coefficient (Wildman–Crippen LogP) is 2.08. The van der Waals surface area contributed by atoms with Crippen LogP contribution in [0.15, 0.2) is 0 Å². The number of methoxy groups -OCH3 is 1. The lowest BCUT2D eigenvalue weighted by Crippen LogP contribution is -2.50. The fourth-order valence-corrected chi connectivity index (χ4v) is 3.37. The van der Waals surface area contributed by atoms with Crippen molar-refractivity contribution < 1.29 is 14.6 Å². The number of hydrogen-bond donors (Lipinski definition) is 1. The number of aromatic nitrogens is 2. The Balaban J connectivity index is 2.30. The highest BCUT2D eigenvalue weighted by atomic mass is 32.1. The normalized spacial score (nSPS) is 24.7. The Bertz CT molecular complexity index is 465. The van der Waals surface area contributed by atoms with Crippen LogP contribution in [0.5, 0.6) is 0 Å². The zero-order valence-corrected chi connectivity index (χ0v) is 12.2. The fraction of sp³-hybridized carbons (Fsp3) is 0.750.